The van der Waals surface area contributed by atoms with Gasteiger partial charge >= 0.3 is 0 Å². The highest BCUT2D eigenvalue weighted by molar-refractivity contribution is 5.80. The molecule has 128 valence electrons. The van der Waals surface area contributed by atoms with Crippen LogP contribution in [0.15, 0.2) is 30.3 Å². The van der Waals surface area contributed by atoms with E-state index in [0.29, 0.717) is 30.3 Å². The SMILES string of the molecule is CCOc1ccc2c(c1)Oc1c(ccc(OCC)c1CO)N2CC. The lowest BCUT2D eigenvalue weighted by Crippen LogP contribution is -2.21. The van der Waals surface area contributed by atoms with Crippen molar-refractivity contribution in [2.24, 2.45) is 0 Å². The molecule has 0 bridgehead atoms. The van der Waals surface area contributed by atoms with Gasteiger partial charge in [0, 0.05) is 12.6 Å². The molecule has 0 saturated heterocycles. The number of hydrogen-bond donors (Lipinski definition) is 1. The van der Waals surface area contributed by atoms with Crippen LogP contribution in [0.5, 0.6) is 23.0 Å². The van der Waals surface area contributed by atoms with E-state index in [1.54, 1.807) is 0 Å². The minimum atomic E-state index is -0.142. The lowest BCUT2D eigenvalue weighted by molar-refractivity contribution is 0.261. The first-order valence-corrected chi connectivity index (χ1v) is 8.35. The Morgan fingerprint density at radius 2 is 1.75 bits per heavy atom. The molecule has 5 heteroatoms. The van der Waals surface area contributed by atoms with Crippen LogP contribution in [-0.2, 0) is 6.61 Å². The van der Waals surface area contributed by atoms with Gasteiger partial charge in [-0.1, -0.05) is 0 Å². The highest BCUT2D eigenvalue weighted by atomic mass is 16.5. The Balaban J connectivity index is 2.11. The fraction of sp³-hybridized carbons (Fsp3) is 0.368. The number of hydrogen-bond acceptors (Lipinski definition) is 5. The number of aliphatic hydroxyl groups excluding tert-OH is 1. The van der Waals surface area contributed by atoms with Crippen molar-refractivity contribution in [2.75, 3.05) is 24.7 Å². The van der Waals surface area contributed by atoms with Crippen LogP contribution in [0.2, 0.25) is 0 Å². The Hall–Kier alpha value is -2.40. The Labute approximate surface area is 142 Å². The Morgan fingerprint density at radius 3 is 2.42 bits per heavy atom. The van der Waals surface area contributed by atoms with Gasteiger partial charge in [-0.3, -0.25) is 0 Å². The molecule has 1 aliphatic heterocycles. The smallest absolute Gasteiger partial charge is 0.160 e. The molecule has 0 aromatic heterocycles. The van der Waals surface area contributed by atoms with E-state index >= 15 is 0 Å². The molecule has 2 aromatic carbocycles. The first-order chi connectivity index (χ1) is 11.7. The molecule has 1 N–H and O–H groups in total. The molecule has 0 amide bonds. The van der Waals surface area contributed by atoms with Gasteiger partial charge in [-0.15, -0.1) is 0 Å². The van der Waals surface area contributed by atoms with E-state index in [4.69, 9.17) is 14.2 Å². The maximum atomic E-state index is 9.84. The number of rotatable bonds is 6. The average molecular weight is 329 g/mol. The maximum absolute atomic E-state index is 9.84. The van der Waals surface area contributed by atoms with Crippen LogP contribution in [-0.4, -0.2) is 24.9 Å². The van der Waals surface area contributed by atoms with Gasteiger partial charge in [0.2, 0.25) is 0 Å². The summed E-state index contributed by atoms with van der Waals surface area (Å²) in [5.41, 5.74) is 2.59. The van der Waals surface area contributed by atoms with Crippen molar-refractivity contribution in [3.05, 3.63) is 35.9 Å². The van der Waals surface area contributed by atoms with Crippen LogP contribution in [0.3, 0.4) is 0 Å². The lowest BCUT2D eigenvalue weighted by Gasteiger charge is -2.33. The van der Waals surface area contributed by atoms with Gasteiger partial charge in [-0.2, -0.15) is 0 Å². The summed E-state index contributed by atoms with van der Waals surface area (Å²) in [4.78, 5) is 2.17. The predicted molar refractivity (Wildman–Crippen MR) is 93.9 cm³/mol. The standard InChI is InChI=1S/C19H23NO4/c1-4-20-15-8-7-13(22-5-2)11-18(15)24-19-14(12-21)17(23-6-3)10-9-16(19)20/h7-11,21H,4-6,12H2,1-3H3. The summed E-state index contributed by atoms with van der Waals surface area (Å²) < 4.78 is 17.3. The third kappa shape index (κ3) is 2.76. The summed E-state index contributed by atoms with van der Waals surface area (Å²) in [6.45, 7) is 7.74. The Morgan fingerprint density at radius 1 is 1.00 bits per heavy atom. The van der Waals surface area contributed by atoms with Gasteiger partial charge < -0.3 is 24.2 Å². The van der Waals surface area contributed by atoms with E-state index in [2.05, 4.69) is 11.8 Å². The topological polar surface area (TPSA) is 51.2 Å². The maximum Gasteiger partial charge on any atom is 0.160 e. The van der Waals surface area contributed by atoms with Crippen molar-refractivity contribution in [3.63, 3.8) is 0 Å². The van der Waals surface area contributed by atoms with E-state index in [-0.39, 0.29) is 6.61 Å². The molecule has 0 spiro atoms. The van der Waals surface area contributed by atoms with Crippen molar-refractivity contribution in [3.8, 4) is 23.0 Å². The molecule has 1 aliphatic rings. The number of fused-ring (bicyclic) bond motifs is 2. The summed E-state index contributed by atoms with van der Waals surface area (Å²) in [5.74, 6) is 2.78. The molecule has 3 rings (SSSR count). The summed E-state index contributed by atoms with van der Waals surface area (Å²) in [6, 6.07) is 9.70. The lowest BCUT2D eigenvalue weighted by atomic mass is 10.1. The van der Waals surface area contributed by atoms with Gasteiger partial charge in [0.05, 0.1) is 36.8 Å². The van der Waals surface area contributed by atoms with E-state index in [9.17, 15) is 5.11 Å². The molecule has 5 nitrogen and oxygen atoms in total. The molecule has 1 heterocycles. The number of ether oxygens (including phenoxy) is 3. The summed E-state index contributed by atoms with van der Waals surface area (Å²) in [6.07, 6.45) is 0. The van der Waals surface area contributed by atoms with E-state index < -0.39 is 0 Å². The quantitative estimate of drug-likeness (QED) is 0.859. The van der Waals surface area contributed by atoms with Crippen LogP contribution in [0, 0.1) is 0 Å². The molecule has 0 fully saturated rings. The highest BCUT2D eigenvalue weighted by Crippen LogP contribution is 2.51. The fourth-order valence-corrected chi connectivity index (χ4v) is 3.00. The van der Waals surface area contributed by atoms with Gasteiger partial charge in [0.25, 0.3) is 0 Å². The molecule has 0 saturated carbocycles. The van der Waals surface area contributed by atoms with Crippen LogP contribution in [0.25, 0.3) is 0 Å². The second-order valence-corrected chi connectivity index (χ2v) is 5.39. The normalized spacial score (nSPS) is 12.2. The molecule has 24 heavy (non-hydrogen) atoms. The van der Waals surface area contributed by atoms with Crippen molar-refractivity contribution in [1.29, 1.82) is 0 Å². The number of aliphatic hydroxyl groups is 1. The van der Waals surface area contributed by atoms with Gasteiger partial charge in [-0.25, -0.2) is 0 Å². The molecule has 0 aliphatic carbocycles. The molecular weight excluding hydrogens is 306 g/mol. The second-order valence-electron chi connectivity index (χ2n) is 5.39. The zero-order chi connectivity index (χ0) is 17.1. The van der Waals surface area contributed by atoms with Crippen LogP contribution in [0.1, 0.15) is 26.3 Å². The minimum absolute atomic E-state index is 0.142. The first-order valence-electron chi connectivity index (χ1n) is 8.35. The number of anilines is 2. The van der Waals surface area contributed by atoms with Gasteiger partial charge in [0.1, 0.15) is 11.5 Å². The fourth-order valence-electron chi connectivity index (χ4n) is 3.00. The van der Waals surface area contributed by atoms with Crippen molar-refractivity contribution < 1.29 is 19.3 Å². The number of nitrogens with zero attached hydrogens (tertiary/aromatic N) is 1. The first kappa shape index (κ1) is 16.5. The van der Waals surface area contributed by atoms with Gasteiger partial charge in [-0.05, 0) is 45.0 Å². The van der Waals surface area contributed by atoms with Crippen molar-refractivity contribution in [2.45, 2.75) is 27.4 Å². The third-order valence-electron chi connectivity index (χ3n) is 4.01. The zero-order valence-electron chi connectivity index (χ0n) is 14.3. The predicted octanol–water partition coefficient (Wildman–Crippen LogP) is 4.24. The largest absolute Gasteiger partial charge is 0.494 e. The van der Waals surface area contributed by atoms with E-state index in [1.165, 1.54) is 0 Å². The molecular formula is C19H23NO4. The Bertz CT molecular complexity index is 730. The average Bonchev–Trinajstić information content (AvgIpc) is 2.60. The van der Waals surface area contributed by atoms with Crippen LogP contribution >= 0.6 is 0 Å². The van der Waals surface area contributed by atoms with Crippen LogP contribution in [0.4, 0.5) is 11.4 Å². The molecule has 0 radical (unpaired) electrons. The van der Waals surface area contributed by atoms with Crippen molar-refractivity contribution in [1.82, 2.24) is 0 Å². The summed E-state index contributed by atoms with van der Waals surface area (Å²) in [5, 5.41) is 9.84. The highest BCUT2D eigenvalue weighted by Gasteiger charge is 2.27. The number of benzene rings is 2. The van der Waals surface area contributed by atoms with Crippen molar-refractivity contribution >= 4 is 11.4 Å². The second kappa shape index (κ2) is 7.01. The minimum Gasteiger partial charge on any atom is -0.494 e. The summed E-state index contributed by atoms with van der Waals surface area (Å²) in [7, 11) is 0. The third-order valence-corrected chi connectivity index (χ3v) is 4.01. The molecule has 0 unspecified atom stereocenters. The molecule has 0 atom stereocenters. The van der Waals surface area contributed by atoms with E-state index in [0.717, 1.165) is 29.4 Å². The van der Waals surface area contributed by atoms with Gasteiger partial charge in [0.15, 0.2) is 11.5 Å². The Kier molecular flexibility index (Phi) is 4.81. The van der Waals surface area contributed by atoms with E-state index in [1.807, 2.05) is 44.2 Å². The molecule has 2 aromatic rings. The zero-order valence-corrected chi connectivity index (χ0v) is 14.3. The monoisotopic (exact) mass is 329 g/mol. The summed E-state index contributed by atoms with van der Waals surface area (Å²) >= 11 is 0. The van der Waals surface area contributed by atoms with Crippen LogP contribution < -0.4 is 19.1 Å².